The summed E-state index contributed by atoms with van der Waals surface area (Å²) in [5.74, 6) is -0.168. The number of nitrogens with zero attached hydrogens (tertiary/aromatic N) is 3. The summed E-state index contributed by atoms with van der Waals surface area (Å²) in [5, 5.41) is 13.9. The van der Waals surface area contributed by atoms with Gasteiger partial charge >= 0.3 is 0 Å². The Balaban J connectivity index is 1.73. The molecule has 0 fully saturated rings. The lowest BCUT2D eigenvalue weighted by atomic mass is 10.1. The molecular formula is C17H20N4O2S3. The van der Waals surface area contributed by atoms with E-state index in [1.54, 1.807) is 5.38 Å². The lowest BCUT2D eigenvalue weighted by Gasteiger charge is -1.99. The van der Waals surface area contributed by atoms with Crippen LogP contribution in [0.1, 0.15) is 31.5 Å². The normalized spacial score (nSPS) is 11.6. The first-order chi connectivity index (χ1) is 12.5. The van der Waals surface area contributed by atoms with Gasteiger partial charge in [-0.05, 0) is 18.4 Å². The monoisotopic (exact) mass is 408 g/mol. The minimum atomic E-state index is -3.55. The van der Waals surface area contributed by atoms with Gasteiger partial charge in [-0.2, -0.15) is 0 Å². The number of sulfone groups is 1. The quantitative estimate of drug-likeness (QED) is 0.606. The highest BCUT2D eigenvalue weighted by Gasteiger charge is 2.22. The van der Waals surface area contributed by atoms with Gasteiger partial charge in [0.05, 0.1) is 5.69 Å². The summed E-state index contributed by atoms with van der Waals surface area (Å²) in [6.45, 7) is 4.88. The average Bonchev–Trinajstić information content (AvgIpc) is 3.29. The summed E-state index contributed by atoms with van der Waals surface area (Å²) in [6, 6.07) is 8.18. The summed E-state index contributed by atoms with van der Waals surface area (Å²) < 4.78 is 25.2. The van der Waals surface area contributed by atoms with Crippen LogP contribution in [0.2, 0.25) is 0 Å². The Bertz CT molecular complexity index is 962. The van der Waals surface area contributed by atoms with E-state index in [2.05, 4.69) is 39.6 Å². The minimum absolute atomic E-state index is 0.0259. The van der Waals surface area contributed by atoms with E-state index < -0.39 is 9.84 Å². The van der Waals surface area contributed by atoms with Gasteiger partial charge in [0.1, 0.15) is 10.8 Å². The van der Waals surface area contributed by atoms with Gasteiger partial charge in [0.2, 0.25) is 19.3 Å². The maximum absolute atomic E-state index is 12.6. The Morgan fingerprint density at radius 3 is 2.58 bits per heavy atom. The van der Waals surface area contributed by atoms with Gasteiger partial charge in [0, 0.05) is 17.5 Å². The number of benzene rings is 1. The highest BCUT2D eigenvalue weighted by Crippen LogP contribution is 2.27. The van der Waals surface area contributed by atoms with E-state index in [0.717, 1.165) is 41.3 Å². The third kappa shape index (κ3) is 4.46. The van der Waals surface area contributed by atoms with Crippen molar-refractivity contribution in [3.63, 3.8) is 0 Å². The number of thiazole rings is 1. The van der Waals surface area contributed by atoms with E-state index >= 15 is 0 Å². The van der Waals surface area contributed by atoms with Crippen molar-refractivity contribution in [3.05, 3.63) is 40.9 Å². The van der Waals surface area contributed by atoms with Crippen LogP contribution < -0.4 is 5.32 Å². The van der Waals surface area contributed by atoms with Crippen molar-refractivity contribution in [1.82, 2.24) is 15.2 Å². The van der Waals surface area contributed by atoms with Crippen molar-refractivity contribution in [2.24, 2.45) is 0 Å². The van der Waals surface area contributed by atoms with Crippen LogP contribution in [-0.4, -0.2) is 30.1 Å². The van der Waals surface area contributed by atoms with Gasteiger partial charge in [-0.25, -0.2) is 13.4 Å². The molecule has 0 aliphatic rings. The lowest BCUT2D eigenvalue weighted by Crippen LogP contribution is -2.05. The van der Waals surface area contributed by atoms with Crippen LogP contribution >= 0.6 is 22.7 Å². The first-order valence-corrected chi connectivity index (χ1v) is 11.7. The summed E-state index contributed by atoms with van der Waals surface area (Å²) in [6.07, 6.45) is 1.92. The second-order valence-corrected chi connectivity index (χ2v) is 9.75. The number of aromatic nitrogens is 3. The Hall–Kier alpha value is -1.84. The Morgan fingerprint density at radius 1 is 1.12 bits per heavy atom. The molecule has 0 atom stereocenters. The number of anilines is 1. The first-order valence-electron chi connectivity index (χ1n) is 8.35. The molecule has 0 amide bonds. The van der Waals surface area contributed by atoms with E-state index in [1.165, 1.54) is 16.9 Å². The highest BCUT2D eigenvalue weighted by molar-refractivity contribution is 7.92. The molecule has 138 valence electrons. The third-order valence-electron chi connectivity index (χ3n) is 3.70. The van der Waals surface area contributed by atoms with Crippen LogP contribution in [-0.2, 0) is 22.0 Å². The van der Waals surface area contributed by atoms with Gasteiger partial charge in [0.15, 0.2) is 0 Å². The van der Waals surface area contributed by atoms with E-state index in [9.17, 15) is 8.42 Å². The van der Waals surface area contributed by atoms with Gasteiger partial charge in [-0.15, -0.1) is 21.5 Å². The van der Waals surface area contributed by atoms with Crippen LogP contribution in [0.3, 0.4) is 0 Å². The van der Waals surface area contributed by atoms with Crippen LogP contribution in [0.5, 0.6) is 0 Å². The number of nitrogens with one attached hydrogen (secondary N) is 1. The fourth-order valence-electron chi connectivity index (χ4n) is 2.28. The van der Waals surface area contributed by atoms with Crippen LogP contribution in [0.25, 0.3) is 10.6 Å². The Morgan fingerprint density at radius 2 is 1.88 bits per heavy atom. The summed E-state index contributed by atoms with van der Waals surface area (Å²) in [4.78, 5) is 4.48. The van der Waals surface area contributed by atoms with Crippen molar-refractivity contribution in [1.29, 1.82) is 0 Å². The van der Waals surface area contributed by atoms with Crippen molar-refractivity contribution in [2.45, 2.75) is 36.8 Å². The third-order valence-corrected chi connectivity index (χ3v) is 7.61. The fraction of sp³-hybridized carbons (Fsp3) is 0.353. The largest absolute Gasteiger partial charge is 0.360 e. The maximum Gasteiger partial charge on any atom is 0.234 e. The van der Waals surface area contributed by atoms with Gasteiger partial charge in [-0.1, -0.05) is 49.4 Å². The Labute approximate surface area is 161 Å². The predicted octanol–water partition coefficient (Wildman–Crippen LogP) is 4.02. The topological polar surface area (TPSA) is 84.8 Å². The van der Waals surface area contributed by atoms with Crippen molar-refractivity contribution in [3.8, 4) is 10.6 Å². The van der Waals surface area contributed by atoms with E-state index in [0.29, 0.717) is 10.8 Å². The lowest BCUT2D eigenvalue weighted by molar-refractivity contribution is 0.593. The maximum atomic E-state index is 12.6. The summed E-state index contributed by atoms with van der Waals surface area (Å²) >= 11 is 2.51. The number of rotatable bonds is 8. The van der Waals surface area contributed by atoms with E-state index in [-0.39, 0.29) is 10.1 Å². The number of hydrogen-bond donors (Lipinski definition) is 1. The van der Waals surface area contributed by atoms with Gasteiger partial charge in [0.25, 0.3) is 0 Å². The standard InChI is InChI=1S/C17H20N4O2S3/c1-3-9-18-16-20-21-17(25-16)26(22,23)11-14-10-24-15(19-14)13-7-5-12(4-2)6-8-13/h5-8,10H,3-4,9,11H2,1-2H3,(H,18,20). The molecule has 0 spiro atoms. The average molecular weight is 409 g/mol. The number of aryl methyl sites for hydroxylation is 1. The van der Waals surface area contributed by atoms with E-state index in [1.807, 2.05) is 19.1 Å². The van der Waals surface area contributed by atoms with Crippen molar-refractivity contribution in [2.75, 3.05) is 11.9 Å². The molecule has 0 radical (unpaired) electrons. The molecule has 0 aliphatic heterocycles. The highest BCUT2D eigenvalue weighted by atomic mass is 32.2. The molecule has 0 bridgehead atoms. The van der Waals surface area contributed by atoms with Gasteiger partial charge < -0.3 is 5.32 Å². The van der Waals surface area contributed by atoms with E-state index in [4.69, 9.17) is 0 Å². The molecule has 2 heterocycles. The molecule has 1 aromatic carbocycles. The minimum Gasteiger partial charge on any atom is -0.360 e. The molecule has 2 aromatic heterocycles. The molecule has 6 nitrogen and oxygen atoms in total. The zero-order valence-corrected chi connectivity index (χ0v) is 17.0. The molecule has 0 saturated heterocycles. The molecule has 0 aliphatic carbocycles. The molecule has 0 unspecified atom stereocenters. The van der Waals surface area contributed by atoms with Gasteiger partial charge in [-0.3, -0.25) is 0 Å². The molecule has 3 aromatic rings. The molecule has 3 rings (SSSR count). The molecule has 9 heteroatoms. The number of hydrogen-bond acceptors (Lipinski definition) is 8. The molecule has 1 N–H and O–H groups in total. The summed E-state index contributed by atoms with van der Waals surface area (Å²) in [7, 11) is -3.55. The van der Waals surface area contributed by atoms with Crippen molar-refractivity contribution >= 4 is 37.6 Å². The molecular weight excluding hydrogens is 388 g/mol. The zero-order valence-electron chi connectivity index (χ0n) is 14.6. The second-order valence-electron chi connectivity index (χ2n) is 5.75. The van der Waals surface area contributed by atoms with Crippen LogP contribution in [0.4, 0.5) is 5.13 Å². The van der Waals surface area contributed by atoms with Crippen LogP contribution in [0.15, 0.2) is 34.0 Å². The fourth-order valence-corrected chi connectivity index (χ4v) is 5.47. The van der Waals surface area contributed by atoms with Crippen molar-refractivity contribution < 1.29 is 8.42 Å². The SMILES string of the molecule is CCCNc1nnc(S(=O)(=O)Cc2csc(-c3ccc(CC)cc3)n2)s1. The molecule has 26 heavy (non-hydrogen) atoms. The smallest absolute Gasteiger partial charge is 0.234 e. The van der Waals surface area contributed by atoms with Crippen LogP contribution in [0, 0.1) is 0 Å². The second kappa shape index (κ2) is 8.24. The predicted molar refractivity (Wildman–Crippen MR) is 107 cm³/mol. The summed E-state index contributed by atoms with van der Waals surface area (Å²) in [5.41, 5.74) is 2.79. The first kappa shape index (κ1) is 18.9. The Kier molecular flexibility index (Phi) is 6.00. The zero-order chi connectivity index (χ0) is 18.6. The molecule has 0 saturated carbocycles.